The van der Waals surface area contributed by atoms with E-state index >= 15 is 0 Å². The molecule has 0 aliphatic heterocycles. The molecule has 5 N–H and O–H groups in total. The average molecular weight is 264 g/mol. The van der Waals surface area contributed by atoms with Crippen LogP contribution in [0.3, 0.4) is 0 Å². The van der Waals surface area contributed by atoms with E-state index in [4.69, 9.17) is 16.6 Å². The van der Waals surface area contributed by atoms with Crippen molar-refractivity contribution in [3.05, 3.63) is 30.0 Å². The van der Waals surface area contributed by atoms with E-state index < -0.39 is 0 Å². The van der Waals surface area contributed by atoms with Crippen molar-refractivity contribution in [2.45, 2.75) is 11.8 Å². The minimum atomic E-state index is 0.158. The third-order valence-corrected chi connectivity index (χ3v) is 3.54. The molecular formula is C12H16N4OS. The molecule has 0 saturated heterocycles. The van der Waals surface area contributed by atoms with Crippen molar-refractivity contribution in [2.75, 3.05) is 23.8 Å². The Morgan fingerprint density at radius 2 is 2.17 bits per heavy atom. The van der Waals surface area contributed by atoms with Crippen LogP contribution in [0.15, 0.2) is 29.2 Å². The van der Waals surface area contributed by atoms with Gasteiger partial charge in [0.1, 0.15) is 0 Å². The lowest BCUT2D eigenvalue weighted by atomic mass is 10.3. The summed E-state index contributed by atoms with van der Waals surface area (Å²) in [6, 6.07) is 7.81. The van der Waals surface area contributed by atoms with Crippen LogP contribution in [0.25, 0.3) is 5.69 Å². The summed E-state index contributed by atoms with van der Waals surface area (Å²) in [7, 11) is 0. The van der Waals surface area contributed by atoms with Gasteiger partial charge in [-0.3, -0.25) is 0 Å². The van der Waals surface area contributed by atoms with Crippen LogP contribution < -0.4 is 11.5 Å². The molecule has 0 unspecified atom stereocenters. The minimum absolute atomic E-state index is 0.158. The minimum Gasteiger partial charge on any atom is -0.396 e. The van der Waals surface area contributed by atoms with Crippen LogP contribution in [0.1, 0.15) is 5.69 Å². The molecule has 0 atom stereocenters. The number of benzene rings is 1. The summed E-state index contributed by atoms with van der Waals surface area (Å²) in [5.74, 6) is 1.12. The van der Waals surface area contributed by atoms with Gasteiger partial charge in [0.15, 0.2) is 5.82 Å². The number of thioether (sulfide) groups is 1. The number of nitrogen functional groups attached to an aromatic ring is 2. The van der Waals surface area contributed by atoms with Crippen LogP contribution in [-0.4, -0.2) is 27.2 Å². The van der Waals surface area contributed by atoms with E-state index in [1.807, 2.05) is 31.2 Å². The molecule has 1 aromatic heterocycles. The van der Waals surface area contributed by atoms with Gasteiger partial charge in [-0.1, -0.05) is 6.07 Å². The van der Waals surface area contributed by atoms with Gasteiger partial charge in [-0.2, -0.15) is 5.10 Å². The van der Waals surface area contributed by atoms with E-state index in [1.54, 1.807) is 16.4 Å². The number of hydrogen-bond donors (Lipinski definition) is 3. The van der Waals surface area contributed by atoms with Crippen LogP contribution in [0.2, 0.25) is 0 Å². The third kappa shape index (κ3) is 2.44. The lowest BCUT2D eigenvalue weighted by Gasteiger charge is -2.06. The first-order valence-electron chi connectivity index (χ1n) is 5.58. The number of aryl methyl sites for hydroxylation is 1. The molecule has 0 fully saturated rings. The zero-order valence-electron chi connectivity index (χ0n) is 10.1. The standard InChI is InChI=1S/C12H16N4OS/c1-8-11(13)12(14)16(15-8)9-3-2-4-10(7-9)18-6-5-17/h2-4,7,17H,5-6,13-14H2,1H3. The Bertz CT molecular complexity index is 553. The smallest absolute Gasteiger partial charge is 0.150 e. The van der Waals surface area contributed by atoms with Crippen molar-refractivity contribution in [1.82, 2.24) is 9.78 Å². The number of aliphatic hydroxyl groups is 1. The maximum absolute atomic E-state index is 8.82. The van der Waals surface area contributed by atoms with E-state index in [0.29, 0.717) is 17.3 Å². The van der Waals surface area contributed by atoms with Gasteiger partial charge >= 0.3 is 0 Å². The zero-order valence-corrected chi connectivity index (χ0v) is 10.9. The topological polar surface area (TPSA) is 90.1 Å². The molecule has 2 aromatic rings. The molecule has 0 radical (unpaired) electrons. The maximum Gasteiger partial charge on any atom is 0.150 e. The fraction of sp³-hybridized carbons (Fsp3) is 0.250. The number of hydrogen-bond acceptors (Lipinski definition) is 5. The third-order valence-electron chi connectivity index (χ3n) is 2.57. The summed E-state index contributed by atoms with van der Waals surface area (Å²) in [6.45, 7) is 1.98. The highest BCUT2D eigenvalue weighted by molar-refractivity contribution is 7.99. The second-order valence-electron chi connectivity index (χ2n) is 3.87. The Morgan fingerprint density at radius 1 is 1.39 bits per heavy atom. The molecule has 2 rings (SSSR count). The van der Waals surface area contributed by atoms with E-state index in [1.165, 1.54) is 0 Å². The number of anilines is 2. The van der Waals surface area contributed by atoms with Gasteiger partial charge in [-0.15, -0.1) is 11.8 Å². The van der Waals surface area contributed by atoms with E-state index in [9.17, 15) is 0 Å². The molecule has 0 amide bonds. The van der Waals surface area contributed by atoms with Gasteiger partial charge in [-0.05, 0) is 25.1 Å². The van der Waals surface area contributed by atoms with Crippen LogP contribution in [0.5, 0.6) is 0 Å². The predicted octanol–water partition coefficient (Wildman–Crippen LogP) is 1.43. The average Bonchev–Trinajstić information content (AvgIpc) is 2.64. The Morgan fingerprint density at radius 3 is 2.78 bits per heavy atom. The molecule has 96 valence electrons. The highest BCUT2D eigenvalue weighted by Crippen LogP contribution is 2.25. The summed E-state index contributed by atoms with van der Waals surface area (Å²) in [6.07, 6.45) is 0. The van der Waals surface area contributed by atoms with Gasteiger partial charge in [-0.25, -0.2) is 4.68 Å². The molecule has 5 nitrogen and oxygen atoms in total. The van der Waals surface area contributed by atoms with Crippen molar-refractivity contribution < 1.29 is 5.11 Å². The predicted molar refractivity (Wildman–Crippen MR) is 74.9 cm³/mol. The summed E-state index contributed by atoms with van der Waals surface area (Å²) < 4.78 is 1.63. The number of aliphatic hydroxyl groups excluding tert-OH is 1. The maximum atomic E-state index is 8.82. The van der Waals surface area contributed by atoms with Crippen LogP contribution in [-0.2, 0) is 0 Å². The fourth-order valence-electron chi connectivity index (χ4n) is 1.62. The van der Waals surface area contributed by atoms with Crippen LogP contribution >= 0.6 is 11.8 Å². The van der Waals surface area contributed by atoms with Gasteiger partial charge in [0.05, 0.1) is 23.7 Å². The summed E-state index contributed by atoms with van der Waals surface area (Å²) in [5.41, 5.74) is 13.8. The van der Waals surface area contributed by atoms with Gasteiger partial charge < -0.3 is 16.6 Å². The molecule has 0 spiro atoms. The highest BCUT2D eigenvalue weighted by atomic mass is 32.2. The first-order valence-corrected chi connectivity index (χ1v) is 6.56. The van der Waals surface area contributed by atoms with E-state index in [-0.39, 0.29) is 6.61 Å². The van der Waals surface area contributed by atoms with Crippen LogP contribution in [0, 0.1) is 6.92 Å². The normalized spacial score (nSPS) is 10.8. The molecular weight excluding hydrogens is 248 g/mol. The van der Waals surface area contributed by atoms with Gasteiger partial charge in [0, 0.05) is 10.6 Å². The first kappa shape index (κ1) is 12.8. The van der Waals surface area contributed by atoms with E-state index in [2.05, 4.69) is 5.10 Å². The first-order chi connectivity index (χ1) is 8.63. The Labute approximate surface area is 110 Å². The van der Waals surface area contributed by atoms with Crippen molar-refractivity contribution in [3.8, 4) is 5.69 Å². The molecule has 0 saturated carbocycles. The fourth-order valence-corrected chi connectivity index (χ4v) is 2.33. The van der Waals surface area contributed by atoms with E-state index in [0.717, 1.165) is 16.3 Å². The second-order valence-corrected chi connectivity index (χ2v) is 5.03. The molecule has 18 heavy (non-hydrogen) atoms. The molecule has 0 aliphatic carbocycles. The number of rotatable bonds is 4. The van der Waals surface area contributed by atoms with Gasteiger partial charge in [0.25, 0.3) is 0 Å². The summed E-state index contributed by atoms with van der Waals surface area (Å²) in [5, 5.41) is 13.1. The molecule has 1 aromatic carbocycles. The molecule has 1 heterocycles. The Balaban J connectivity index is 2.35. The Hall–Kier alpha value is -1.66. The SMILES string of the molecule is Cc1nn(-c2cccc(SCCO)c2)c(N)c1N. The molecule has 0 bridgehead atoms. The van der Waals surface area contributed by atoms with Crippen molar-refractivity contribution in [2.24, 2.45) is 0 Å². The highest BCUT2D eigenvalue weighted by Gasteiger charge is 2.10. The second kappa shape index (κ2) is 5.32. The van der Waals surface area contributed by atoms with Crippen molar-refractivity contribution >= 4 is 23.3 Å². The number of aromatic nitrogens is 2. The monoisotopic (exact) mass is 264 g/mol. The van der Waals surface area contributed by atoms with Crippen LogP contribution in [0.4, 0.5) is 11.5 Å². The number of nitrogens with zero attached hydrogens (tertiary/aromatic N) is 2. The quantitative estimate of drug-likeness (QED) is 0.727. The largest absolute Gasteiger partial charge is 0.396 e. The van der Waals surface area contributed by atoms with Gasteiger partial charge in [0.2, 0.25) is 0 Å². The van der Waals surface area contributed by atoms with Crippen molar-refractivity contribution in [3.63, 3.8) is 0 Å². The summed E-state index contributed by atoms with van der Waals surface area (Å²) >= 11 is 1.58. The zero-order chi connectivity index (χ0) is 13.1. The van der Waals surface area contributed by atoms with Crippen molar-refractivity contribution in [1.29, 1.82) is 0 Å². The number of nitrogens with two attached hydrogens (primary N) is 2. The Kier molecular flexibility index (Phi) is 3.78. The molecule has 0 aliphatic rings. The lowest BCUT2D eigenvalue weighted by molar-refractivity contribution is 0.322. The molecule has 6 heteroatoms. The summed E-state index contributed by atoms with van der Waals surface area (Å²) in [4.78, 5) is 1.06. The lowest BCUT2D eigenvalue weighted by Crippen LogP contribution is -2.03.